The molecule has 1 aliphatic rings. The number of likely N-dealkylation sites (tertiary alicyclic amines) is 1. The van der Waals surface area contributed by atoms with Gasteiger partial charge < -0.3 is 10.2 Å². The van der Waals surface area contributed by atoms with Crippen LogP contribution in [0, 0.1) is 6.92 Å². The molecule has 6 heteroatoms. The fourth-order valence-electron chi connectivity index (χ4n) is 2.61. The van der Waals surface area contributed by atoms with Gasteiger partial charge in [-0.05, 0) is 38.3 Å². The maximum absolute atomic E-state index is 12.3. The van der Waals surface area contributed by atoms with Gasteiger partial charge in [0, 0.05) is 31.2 Å². The van der Waals surface area contributed by atoms with Crippen LogP contribution in [0.4, 0.5) is 10.6 Å². The average Bonchev–Trinajstić information content (AvgIpc) is 2.47. The first kappa shape index (κ1) is 16.3. The molecule has 6 nitrogen and oxygen atoms in total. The highest BCUT2D eigenvalue weighted by Crippen LogP contribution is 2.13. The monoisotopic (exact) mass is 304 g/mol. The predicted molar refractivity (Wildman–Crippen MR) is 85.6 cm³/mol. The number of aryl methyl sites for hydroxylation is 1. The van der Waals surface area contributed by atoms with Crippen LogP contribution in [0.1, 0.15) is 38.3 Å². The average molecular weight is 304 g/mol. The number of rotatable bonds is 4. The summed E-state index contributed by atoms with van der Waals surface area (Å²) in [6.07, 6.45) is 3.19. The lowest BCUT2D eigenvalue weighted by molar-refractivity contribution is -0.122. The maximum Gasteiger partial charge on any atom is 0.323 e. The smallest absolute Gasteiger partial charge is 0.323 e. The van der Waals surface area contributed by atoms with E-state index in [2.05, 4.69) is 15.6 Å². The molecule has 0 radical (unpaired) electrons. The summed E-state index contributed by atoms with van der Waals surface area (Å²) in [6.45, 7) is 5.12. The third kappa shape index (κ3) is 4.72. The van der Waals surface area contributed by atoms with Crippen molar-refractivity contribution in [2.75, 3.05) is 18.4 Å². The standard InChI is InChI=1S/C16H24N4O2/c1-3-6-15(21)18-13-8-5-10-20(11-13)16(22)19-14-9-4-7-12(2)17-14/h4,7,9,13H,3,5-6,8,10-11H2,1-2H3,(H,18,21)(H,17,19,22)/t13-/m1/s1. The Morgan fingerprint density at radius 2 is 2.23 bits per heavy atom. The molecule has 2 heterocycles. The first-order valence-corrected chi connectivity index (χ1v) is 7.87. The normalized spacial score (nSPS) is 17.9. The van der Waals surface area contributed by atoms with Gasteiger partial charge >= 0.3 is 6.03 Å². The van der Waals surface area contributed by atoms with E-state index in [9.17, 15) is 9.59 Å². The number of carbonyl (C=O) groups is 2. The summed E-state index contributed by atoms with van der Waals surface area (Å²) >= 11 is 0. The topological polar surface area (TPSA) is 74.3 Å². The minimum Gasteiger partial charge on any atom is -0.352 e. The van der Waals surface area contributed by atoms with Gasteiger partial charge in [0.2, 0.25) is 5.91 Å². The molecule has 1 aliphatic heterocycles. The van der Waals surface area contributed by atoms with Crippen molar-refractivity contribution in [3.8, 4) is 0 Å². The zero-order valence-electron chi connectivity index (χ0n) is 13.3. The van der Waals surface area contributed by atoms with E-state index in [0.29, 0.717) is 25.3 Å². The SMILES string of the molecule is CCCC(=O)N[C@@H]1CCCN(C(=O)Nc2cccc(C)n2)C1. The Morgan fingerprint density at radius 3 is 2.95 bits per heavy atom. The van der Waals surface area contributed by atoms with Crippen LogP contribution in [0.5, 0.6) is 0 Å². The highest BCUT2D eigenvalue weighted by Gasteiger charge is 2.24. The molecule has 120 valence electrons. The van der Waals surface area contributed by atoms with Gasteiger partial charge in [-0.2, -0.15) is 0 Å². The van der Waals surface area contributed by atoms with Crippen LogP contribution >= 0.6 is 0 Å². The Labute approximate surface area is 131 Å². The number of anilines is 1. The van der Waals surface area contributed by atoms with E-state index in [0.717, 1.165) is 25.0 Å². The number of pyridine rings is 1. The lowest BCUT2D eigenvalue weighted by Gasteiger charge is -2.33. The van der Waals surface area contributed by atoms with Gasteiger partial charge in [0.15, 0.2) is 0 Å². The molecule has 3 amide bonds. The summed E-state index contributed by atoms with van der Waals surface area (Å²) in [5.74, 6) is 0.622. The Morgan fingerprint density at radius 1 is 1.41 bits per heavy atom. The first-order chi connectivity index (χ1) is 10.6. The summed E-state index contributed by atoms with van der Waals surface area (Å²) in [4.78, 5) is 30.0. The van der Waals surface area contributed by atoms with Crippen LogP contribution in [0.3, 0.4) is 0 Å². The molecule has 0 saturated carbocycles. The summed E-state index contributed by atoms with van der Waals surface area (Å²) in [5, 5.41) is 5.82. The molecule has 22 heavy (non-hydrogen) atoms. The molecule has 0 unspecified atom stereocenters. The lowest BCUT2D eigenvalue weighted by Crippen LogP contribution is -2.50. The fraction of sp³-hybridized carbons (Fsp3) is 0.562. The number of hydrogen-bond donors (Lipinski definition) is 2. The second-order valence-corrected chi connectivity index (χ2v) is 5.70. The molecule has 1 atom stereocenters. The van der Waals surface area contributed by atoms with Crippen molar-refractivity contribution in [3.05, 3.63) is 23.9 Å². The van der Waals surface area contributed by atoms with Crippen molar-refractivity contribution in [1.82, 2.24) is 15.2 Å². The van der Waals surface area contributed by atoms with Crippen molar-refractivity contribution in [2.24, 2.45) is 0 Å². The van der Waals surface area contributed by atoms with Crippen molar-refractivity contribution >= 4 is 17.8 Å². The number of urea groups is 1. The molecule has 1 aromatic heterocycles. The highest BCUT2D eigenvalue weighted by molar-refractivity contribution is 5.88. The first-order valence-electron chi connectivity index (χ1n) is 7.87. The number of hydrogen-bond acceptors (Lipinski definition) is 3. The molecule has 2 rings (SSSR count). The summed E-state index contributed by atoms with van der Waals surface area (Å²) in [5.41, 5.74) is 0.862. The van der Waals surface area contributed by atoms with Gasteiger partial charge in [0.05, 0.1) is 0 Å². The number of nitrogens with zero attached hydrogens (tertiary/aromatic N) is 2. The molecule has 1 aromatic rings. The molecule has 0 aliphatic carbocycles. The molecule has 0 spiro atoms. The number of amides is 3. The van der Waals surface area contributed by atoms with E-state index < -0.39 is 0 Å². The quantitative estimate of drug-likeness (QED) is 0.896. The van der Waals surface area contributed by atoms with E-state index in [1.807, 2.05) is 26.0 Å². The van der Waals surface area contributed by atoms with E-state index >= 15 is 0 Å². The van der Waals surface area contributed by atoms with Crippen molar-refractivity contribution in [3.63, 3.8) is 0 Å². The van der Waals surface area contributed by atoms with E-state index in [-0.39, 0.29) is 18.0 Å². The van der Waals surface area contributed by atoms with Crippen molar-refractivity contribution in [1.29, 1.82) is 0 Å². The second-order valence-electron chi connectivity index (χ2n) is 5.70. The third-order valence-electron chi connectivity index (χ3n) is 3.67. The minimum atomic E-state index is -0.160. The van der Waals surface area contributed by atoms with Crippen LogP contribution in [-0.2, 0) is 4.79 Å². The van der Waals surface area contributed by atoms with Crippen molar-refractivity contribution < 1.29 is 9.59 Å². The molecular formula is C16H24N4O2. The molecule has 1 fully saturated rings. The van der Waals surface area contributed by atoms with Crippen LogP contribution in [0.15, 0.2) is 18.2 Å². The Bertz CT molecular complexity index is 533. The summed E-state index contributed by atoms with van der Waals surface area (Å²) < 4.78 is 0. The molecule has 0 aromatic carbocycles. The van der Waals surface area contributed by atoms with Gasteiger partial charge in [-0.3, -0.25) is 10.1 Å². The van der Waals surface area contributed by atoms with E-state index in [1.54, 1.807) is 11.0 Å². The van der Waals surface area contributed by atoms with Crippen molar-refractivity contribution in [2.45, 2.75) is 45.6 Å². The van der Waals surface area contributed by atoms with Crippen LogP contribution in [-0.4, -0.2) is 41.0 Å². The predicted octanol–water partition coefficient (Wildman–Crippen LogP) is 2.30. The molecule has 2 N–H and O–H groups in total. The van der Waals surface area contributed by atoms with Gasteiger partial charge in [0.25, 0.3) is 0 Å². The Balaban J connectivity index is 1.88. The van der Waals surface area contributed by atoms with Gasteiger partial charge in [-0.15, -0.1) is 0 Å². The van der Waals surface area contributed by atoms with Crippen LogP contribution < -0.4 is 10.6 Å². The zero-order valence-corrected chi connectivity index (χ0v) is 13.3. The molecule has 1 saturated heterocycles. The van der Waals surface area contributed by atoms with Crippen LogP contribution in [0.2, 0.25) is 0 Å². The number of carbonyl (C=O) groups excluding carboxylic acids is 2. The Kier molecular flexibility index (Phi) is 5.75. The van der Waals surface area contributed by atoms with Gasteiger partial charge in [-0.1, -0.05) is 13.0 Å². The number of nitrogens with one attached hydrogen (secondary N) is 2. The highest BCUT2D eigenvalue weighted by atomic mass is 16.2. The van der Waals surface area contributed by atoms with E-state index in [4.69, 9.17) is 0 Å². The van der Waals surface area contributed by atoms with Gasteiger partial charge in [0.1, 0.15) is 5.82 Å². The summed E-state index contributed by atoms with van der Waals surface area (Å²) in [6, 6.07) is 5.41. The number of aromatic nitrogens is 1. The third-order valence-corrected chi connectivity index (χ3v) is 3.67. The van der Waals surface area contributed by atoms with Gasteiger partial charge in [-0.25, -0.2) is 9.78 Å². The van der Waals surface area contributed by atoms with Crippen LogP contribution in [0.25, 0.3) is 0 Å². The number of piperidine rings is 1. The maximum atomic E-state index is 12.3. The lowest BCUT2D eigenvalue weighted by atomic mass is 10.1. The summed E-state index contributed by atoms with van der Waals surface area (Å²) in [7, 11) is 0. The second kappa shape index (κ2) is 7.77. The molecular weight excluding hydrogens is 280 g/mol. The fourth-order valence-corrected chi connectivity index (χ4v) is 2.61. The largest absolute Gasteiger partial charge is 0.352 e. The Hall–Kier alpha value is -2.11. The van der Waals surface area contributed by atoms with E-state index in [1.165, 1.54) is 0 Å². The molecule has 0 bridgehead atoms. The minimum absolute atomic E-state index is 0.0454. The zero-order chi connectivity index (χ0) is 15.9.